The smallest absolute Gasteiger partial charge is 0.0755 e. The number of para-hydroxylation sites is 4. The Morgan fingerprint density at radius 2 is 0.881 bits per heavy atom. The van der Waals surface area contributed by atoms with Gasteiger partial charge >= 0.3 is 0 Å². The summed E-state index contributed by atoms with van der Waals surface area (Å²) in [7, 11) is 0. The Morgan fingerprint density at radius 3 is 1.76 bits per heavy atom. The Morgan fingerprint density at radius 1 is 0.313 bits per heavy atom. The van der Waals surface area contributed by atoms with Crippen molar-refractivity contribution < 1.29 is 0 Å². The second-order valence-corrected chi connectivity index (χ2v) is 17.9. The van der Waals surface area contributed by atoms with Crippen molar-refractivity contribution in [2.45, 2.75) is 5.41 Å². The van der Waals surface area contributed by atoms with Crippen LogP contribution < -0.4 is 4.90 Å². The topological polar surface area (TPSA) is 8.17 Å². The minimum Gasteiger partial charge on any atom is -0.310 e. The SMILES string of the molecule is c1ccc(-c2cccc(N(c3ccc4c(c3)C3(c5ccccc5-4)c4ccccc4-n4c5ccccc5c5cccc3c54)c3ccccc3-c3ccccc3-c3cccc4ccccc34)c2)cc1. The fourth-order valence-electron chi connectivity index (χ4n) is 11.9. The average Bonchev–Trinajstić information content (AvgIpc) is 3.89. The molecule has 1 aliphatic carbocycles. The number of hydrogen-bond acceptors (Lipinski definition) is 1. The second-order valence-electron chi connectivity index (χ2n) is 17.9. The van der Waals surface area contributed by atoms with Crippen molar-refractivity contribution in [1.29, 1.82) is 0 Å². The lowest BCUT2D eigenvalue weighted by atomic mass is 9.65. The highest BCUT2D eigenvalue weighted by atomic mass is 15.1. The van der Waals surface area contributed by atoms with E-state index in [1.165, 1.54) is 99.5 Å². The highest BCUT2D eigenvalue weighted by Gasteiger charge is 2.51. The summed E-state index contributed by atoms with van der Waals surface area (Å²) in [4.78, 5) is 2.50. The predicted molar refractivity (Wildman–Crippen MR) is 280 cm³/mol. The quantitative estimate of drug-likeness (QED) is 0.162. The molecule has 1 atom stereocenters. The lowest BCUT2D eigenvalue weighted by molar-refractivity contribution is 0.748. The van der Waals surface area contributed by atoms with Gasteiger partial charge in [-0.1, -0.05) is 212 Å². The third-order valence-corrected chi connectivity index (χ3v) is 14.6. The van der Waals surface area contributed by atoms with Gasteiger partial charge in [-0.25, -0.2) is 0 Å². The molecule has 2 heteroatoms. The summed E-state index contributed by atoms with van der Waals surface area (Å²) in [6.07, 6.45) is 0. The number of anilines is 3. The van der Waals surface area contributed by atoms with Crippen LogP contribution in [-0.2, 0) is 5.41 Å². The predicted octanol–water partition coefficient (Wildman–Crippen LogP) is 17.1. The molecule has 312 valence electrons. The van der Waals surface area contributed by atoms with E-state index in [1.807, 2.05) is 0 Å². The Kier molecular flexibility index (Phi) is 8.23. The normalized spacial score (nSPS) is 14.3. The van der Waals surface area contributed by atoms with E-state index in [2.05, 4.69) is 264 Å². The van der Waals surface area contributed by atoms with Gasteiger partial charge in [-0.05, 0) is 114 Å². The Bertz CT molecular complexity index is 3950. The molecular formula is C65H42N2. The number of benzene rings is 11. The molecular weight excluding hydrogens is 809 g/mol. The maximum absolute atomic E-state index is 2.52. The van der Waals surface area contributed by atoms with E-state index in [1.54, 1.807) is 0 Å². The first-order chi connectivity index (χ1) is 33.3. The monoisotopic (exact) mass is 850 g/mol. The van der Waals surface area contributed by atoms with Gasteiger partial charge in [-0.2, -0.15) is 0 Å². The van der Waals surface area contributed by atoms with E-state index in [-0.39, 0.29) is 0 Å². The third-order valence-electron chi connectivity index (χ3n) is 14.6. The molecule has 2 nitrogen and oxygen atoms in total. The molecule has 2 aliphatic rings. The molecule has 0 fully saturated rings. The third kappa shape index (κ3) is 5.39. The first-order valence-corrected chi connectivity index (χ1v) is 23.3. The van der Waals surface area contributed by atoms with Crippen LogP contribution in [0.3, 0.4) is 0 Å². The Labute approximate surface area is 389 Å². The van der Waals surface area contributed by atoms with Crippen molar-refractivity contribution in [1.82, 2.24) is 4.57 Å². The molecule has 2 heterocycles. The van der Waals surface area contributed by atoms with Crippen LogP contribution in [0.1, 0.15) is 22.3 Å². The van der Waals surface area contributed by atoms with E-state index in [4.69, 9.17) is 0 Å². The zero-order chi connectivity index (χ0) is 44.1. The molecule has 12 aromatic rings. The summed E-state index contributed by atoms with van der Waals surface area (Å²) in [6.45, 7) is 0. The van der Waals surface area contributed by atoms with Crippen LogP contribution in [0.15, 0.2) is 255 Å². The van der Waals surface area contributed by atoms with Crippen LogP contribution >= 0.6 is 0 Å². The van der Waals surface area contributed by atoms with Crippen LogP contribution in [0.2, 0.25) is 0 Å². The first kappa shape index (κ1) is 37.6. The minimum absolute atomic E-state index is 0.583. The van der Waals surface area contributed by atoms with Crippen molar-refractivity contribution in [3.05, 3.63) is 277 Å². The number of aromatic nitrogens is 1. The van der Waals surface area contributed by atoms with Crippen molar-refractivity contribution in [2.24, 2.45) is 0 Å². The van der Waals surface area contributed by atoms with Crippen molar-refractivity contribution in [2.75, 3.05) is 4.90 Å². The van der Waals surface area contributed by atoms with Crippen LogP contribution in [0.25, 0.3) is 82.8 Å². The van der Waals surface area contributed by atoms with E-state index in [9.17, 15) is 0 Å². The fraction of sp³-hybridized carbons (Fsp3) is 0.0154. The van der Waals surface area contributed by atoms with Crippen molar-refractivity contribution in [3.63, 3.8) is 0 Å². The maximum atomic E-state index is 2.52. The van der Waals surface area contributed by atoms with Gasteiger partial charge in [0.05, 0.1) is 27.8 Å². The Balaban J connectivity index is 1.06. The molecule has 1 aromatic heterocycles. The number of hydrogen-bond donors (Lipinski definition) is 0. The second kappa shape index (κ2) is 14.7. The van der Waals surface area contributed by atoms with Gasteiger partial charge in [-0.3, -0.25) is 0 Å². The summed E-state index contributed by atoms with van der Waals surface area (Å²) < 4.78 is 2.52. The van der Waals surface area contributed by atoms with Crippen LogP contribution in [0.4, 0.5) is 17.1 Å². The van der Waals surface area contributed by atoms with Crippen molar-refractivity contribution in [3.8, 4) is 50.2 Å². The summed E-state index contributed by atoms with van der Waals surface area (Å²) in [5.74, 6) is 0. The van der Waals surface area contributed by atoms with E-state index in [0.717, 1.165) is 22.6 Å². The van der Waals surface area contributed by atoms with E-state index < -0.39 is 5.41 Å². The average molecular weight is 851 g/mol. The molecule has 0 saturated carbocycles. The largest absolute Gasteiger partial charge is 0.310 e. The standard InChI is InChI=1S/C65H42N2/c1-2-19-43(20-3-1)45-23-16-24-46(41-45)66(61-36-13-9-29-54(61)51-27-7-6-26-50(51)49-31-17-22-44-21-4-5-25-48(44)49)47-39-40-53-52-28-8-11-33-57(52)65(60(53)42-47)58-34-12-15-38-63(58)67-62-37-14-10-30-55(62)56-32-18-35-59(65)64(56)67/h1-42H. The molecule has 0 radical (unpaired) electrons. The summed E-state index contributed by atoms with van der Waals surface area (Å²) in [5.41, 5.74) is 21.3. The lowest BCUT2D eigenvalue weighted by Crippen LogP contribution is -2.33. The molecule has 1 spiro atoms. The zero-order valence-electron chi connectivity index (χ0n) is 36.6. The van der Waals surface area contributed by atoms with Crippen LogP contribution in [0.5, 0.6) is 0 Å². The highest BCUT2D eigenvalue weighted by Crippen LogP contribution is 2.62. The molecule has 1 unspecified atom stereocenters. The fourth-order valence-corrected chi connectivity index (χ4v) is 11.9. The molecule has 0 bridgehead atoms. The molecule has 67 heavy (non-hydrogen) atoms. The van der Waals surface area contributed by atoms with E-state index >= 15 is 0 Å². The molecule has 14 rings (SSSR count). The zero-order valence-corrected chi connectivity index (χ0v) is 36.6. The number of nitrogens with zero attached hydrogens (tertiary/aromatic N) is 2. The number of fused-ring (bicyclic) bond motifs is 13. The van der Waals surface area contributed by atoms with Gasteiger partial charge < -0.3 is 9.47 Å². The van der Waals surface area contributed by atoms with Gasteiger partial charge in [0, 0.05) is 27.7 Å². The van der Waals surface area contributed by atoms with Gasteiger partial charge in [0.15, 0.2) is 0 Å². The molecule has 1 aliphatic heterocycles. The highest BCUT2D eigenvalue weighted by molar-refractivity contribution is 6.13. The molecule has 0 saturated heterocycles. The summed E-state index contributed by atoms with van der Waals surface area (Å²) in [6, 6.07) is 94.5. The molecule has 0 N–H and O–H groups in total. The van der Waals surface area contributed by atoms with Gasteiger partial charge in [-0.15, -0.1) is 0 Å². The van der Waals surface area contributed by atoms with Crippen molar-refractivity contribution >= 4 is 49.6 Å². The maximum Gasteiger partial charge on any atom is 0.0755 e. The Hall–Kier alpha value is -8.72. The van der Waals surface area contributed by atoms with Crippen LogP contribution in [0, 0.1) is 0 Å². The van der Waals surface area contributed by atoms with Gasteiger partial charge in [0.25, 0.3) is 0 Å². The minimum atomic E-state index is -0.583. The van der Waals surface area contributed by atoms with Gasteiger partial charge in [0.1, 0.15) is 0 Å². The summed E-state index contributed by atoms with van der Waals surface area (Å²) >= 11 is 0. The molecule has 11 aromatic carbocycles. The molecule has 0 amide bonds. The van der Waals surface area contributed by atoms with Gasteiger partial charge in [0.2, 0.25) is 0 Å². The number of rotatable bonds is 6. The first-order valence-electron chi connectivity index (χ1n) is 23.3. The van der Waals surface area contributed by atoms with Crippen LogP contribution in [-0.4, -0.2) is 4.57 Å². The summed E-state index contributed by atoms with van der Waals surface area (Å²) in [5, 5.41) is 5.03. The van der Waals surface area contributed by atoms with E-state index in [0.29, 0.717) is 0 Å². The lowest BCUT2D eigenvalue weighted by Gasteiger charge is -2.40.